The van der Waals surface area contributed by atoms with Crippen LogP contribution in [0.15, 0.2) is 17.5 Å². The van der Waals surface area contributed by atoms with Gasteiger partial charge in [0.2, 0.25) is 0 Å². The Hall–Kier alpha value is -1.24. The molecule has 0 radical (unpaired) electrons. The van der Waals surface area contributed by atoms with E-state index in [1.165, 1.54) is 11.3 Å². The SMILES string of the molecule is CCN(CC)Cc1sc(-c2cccs2)nc1C(=O)O. The molecule has 2 aromatic heterocycles. The minimum atomic E-state index is -0.943. The average Bonchev–Trinajstić information content (AvgIpc) is 3.04. The number of carboxylic acids is 1. The van der Waals surface area contributed by atoms with Gasteiger partial charge in [-0.2, -0.15) is 0 Å². The largest absolute Gasteiger partial charge is 0.476 e. The van der Waals surface area contributed by atoms with Crippen LogP contribution in [0, 0.1) is 0 Å². The molecule has 2 aromatic rings. The smallest absolute Gasteiger partial charge is 0.355 e. The molecule has 0 aliphatic heterocycles. The molecule has 0 unspecified atom stereocenters. The van der Waals surface area contributed by atoms with Crippen molar-refractivity contribution >= 4 is 28.6 Å². The number of carbonyl (C=O) groups is 1. The Labute approximate surface area is 120 Å². The van der Waals surface area contributed by atoms with Crippen molar-refractivity contribution in [2.75, 3.05) is 13.1 Å². The normalized spacial score (nSPS) is 11.1. The first-order valence-electron chi connectivity index (χ1n) is 6.14. The van der Waals surface area contributed by atoms with E-state index in [9.17, 15) is 9.90 Å². The molecule has 2 rings (SSSR count). The second-order valence-corrected chi connectivity index (χ2v) is 6.07. The summed E-state index contributed by atoms with van der Waals surface area (Å²) in [5.41, 5.74) is 0.195. The Bertz CT molecular complexity index is 545. The number of aromatic carboxylic acids is 1. The molecule has 6 heteroatoms. The molecule has 1 N–H and O–H groups in total. The molecule has 0 aliphatic carbocycles. The molecule has 4 nitrogen and oxygen atoms in total. The maximum absolute atomic E-state index is 11.3. The summed E-state index contributed by atoms with van der Waals surface area (Å²) in [5.74, 6) is -0.943. The number of hydrogen-bond acceptors (Lipinski definition) is 5. The van der Waals surface area contributed by atoms with Gasteiger partial charge in [-0.3, -0.25) is 4.90 Å². The molecular weight excluding hydrogens is 280 g/mol. The minimum absolute atomic E-state index is 0.195. The van der Waals surface area contributed by atoms with Gasteiger partial charge in [0.25, 0.3) is 0 Å². The van der Waals surface area contributed by atoms with Crippen molar-refractivity contribution < 1.29 is 9.90 Å². The molecule has 0 atom stereocenters. The fraction of sp³-hybridized carbons (Fsp3) is 0.385. The summed E-state index contributed by atoms with van der Waals surface area (Å²) in [5, 5.41) is 12.0. The molecule has 0 saturated carbocycles. The topological polar surface area (TPSA) is 53.4 Å². The summed E-state index contributed by atoms with van der Waals surface area (Å²) in [7, 11) is 0. The highest BCUT2D eigenvalue weighted by Crippen LogP contribution is 2.32. The number of aromatic nitrogens is 1. The second-order valence-electron chi connectivity index (χ2n) is 4.03. The van der Waals surface area contributed by atoms with E-state index < -0.39 is 5.97 Å². The van der Waals surface area contributed by atoms with Crippen LogP contribution in [0.25, 0.3) is 9.88 Å². The zero-order valence-electron chi connectivity index (χ0n) is 10.9. The molecule has 0 saturated heterocycles. The van der Waals surface area contributed by atoms with Crippen LogP contribution in [0.3, 0.4) is 0 Å². The lowest BCUT2D eigenvalue weighted by atomic mass is 10.3. The van der Waals surface area contributed by atoms with Crippen LogP contribution in [0.5, 0.6) is 0 Å². The first kappa shape index (κ1) is 14.2. The number of nitrogens with zero attached hydrogens (tertiary/aromatic N) is 2. The molecule has 0 aromatic carbocycles. The van der Waals surface area contributed by atoms with Crippen molar-refractivity contribution in [3.05, 3.63) is 28.1 Å². The third kappa shape index (κ3) is 3.20. The number of thiazole rings is 1. The van der Waals surface area contributed by atoms with E-state index in [1.54, 1.807) is 11.3 Å². The highest BCUT2D eigenvalue weighted by Gasteiger charge is 2.19. The lowest BCUT2D eigenvalue weighted by molar-refractivity contribution is 0.0689. The zero-order chi connectivity index (χ0) is 13.8. The van der Waals surface area contributed by atoms with Crippen LogP contribution in [-0.4, -0.2) is 34.0 Å². The zero-order valence-corrected chi connectivity index (χ0v) is 12.6. The summed E-state index contributed by atoms with van der Waals surface area (Å²) in [6.07, 6.45) is 0. The van der Waals surface area contributed by atoms with E-state index in [0.717, 1.165) is 27.9 Å². The average molecular weight is 296 g/mol. The number of carboxylic acid groups (broad SMARTS) is 1. The van der Waals surface area contributed by atoms with Crippen LogP contribution in [0.4, 0.5) is 0 Å². The third-order valence-corrected chi connectivity index (χ3v) is 4.97. The van der Waals surface area contributed by atoms with Crippen molar-refractivity contribution in [3.63, 3.8) is 0 Å². The lowest BCUT2D eigenvalue weighted by Crippen LogP contribution is -2.22. The first-order valence-corrected chi connectivity index (χ1v) is 7.84. The summed E-state index contributed by atoms with van der Waals surface area (Å²) < 4.78 is 0. The van der Waals surface area contributed by atoms with Crippen molar-refractivity contribution in [2.24, 2.45) is 0 Å². The highest BCUT2D eigenvalue weighted by atomic mass is 32.1. The minimum Gasteiger partial charge on any atom is -0.476 e. The Morgan fingerprint density at radius 2 is 2.16 bits per heavy atom. The molecular formula is C13H16N2O2S2. The molecule has 0 aliphatic rings. The number of rotatable bonds is 6. The maximum atomic E-state index is 11.3. The van der Waals surface area contributed by atoms with Gasteiger partial charge in [-0.15, -0.1) is 22.7 Å². The van der Waals surface area contributed by atoms with E-state index in [-0.39, 0.29) is 5.69 Å². The molecule has 0 spiro atoms. The van der Waals surface area contributed by atoms with E-state index in [4.69, 9.17) is 0 Å². The Balaban J connectivity index is 2.33. The summed E-state index contributed by atoms with van der Waals surface area (Å²) in [4.78, 5) is 19.6. The lowest BCUT2D eigenvalue weighted by Gasteiger charge is -2.16. The van der Waals surface area contributed by atoms with Gasteiger partial charge in [0.15, 0.2) is 5.69 Å². The van der Waals surface area contributed by atoms with Gasteiger partial charge in [0, 0.05) is 6.54 Å². The fourth-order valence-electron chi connectivity index (χ4n) is 1.78. The van der Waals surface area contributed by atoms with Crippen molar-refractivity contribution in [1.82, 2.24) is 9.88 Å². The van der Waals surface area contributed by atoms with E-state index in [2.05, 4.69) is 23.7 Å². The first-order chi connectivity index (χ1) is 9.15. The Morgan fingerprint density at radius 1 is 1.42 bits per heavy atom. The number of thiophene rings is 1. The van der Waals surface area contributed by atoms with Gasteiger partial charge < -0.3 is 5.11 Å². The van der Waals surface area contributed by atoms with E-state index in [0.29, 0.717) is 6.54 Å². The van der Waals surface area contributed by atoms with Crippen molar-refractivity contribution in [1.29, 1.82) is 0 Å². The molecule has 19 heavy (non-hydrogen) atoms. The van der Waals surface area contributed by atoms with Gasteiger partial charge in [0.05, 0.1) is 9.75 Å². The molecule has 0 amide bonds. The van der Waals surface area contributed by atoms with Gasteiger partial charge in [0.1, 0.15) is 5.01 Å². The van der Waals surface area contributed by atoms with Crippen LogP contribution in [0.1, 0.15) is 29.2 Å². The Kier molecular flexibility index (Phi) is 4.68. The maximum Gasteiger partial charge on any atom is 0.355 e. The quantitative estimate of drug-likeness (QED) is 0.887. The Morgan fingerprint density at radius 3 is 2.68 bits per heavy atom. The van der Waals surface area contributed by atoms with Crippen molar-refractivity contribution in [2.45, 2.75) is 20.4 Å². The predicted molar refractivity (Wildman–Crippen MR) is 79.0 cm³/mol. The van der Waals surface area contributed by atoms with E-state index >= 15 is 0 Å². The molecule has 0 bridgehead atoms. The summed E-state index contributed by atoms with van der Waals surface area (Å²) in [6.45, 7) is 6.61. The summed E-state index contributed by atoms with van der Waals surface area (Å²) in [6, 6.07) is 3.92. The van der Waals surface area contributed by atoms with Crippen LogP contribution in [0.2, 0.25) is 0 Å². The standard InChI is InChI=1S/C13H16N2O2S2/c1-3-15(4-2)8-10-11(13(16)17)14-12(19-10)9-6-5-7-18-9/h5-7H,3-4,8H2,1-2H3,(H,16,17). The van der Waals surface area contributed by atoms with Crippen LogP contribution in [-0.2, 0) is 6.54 Å². The van der Waals surface area contributed by atoms with Gasteiger partial charge in [-0.05, 0) is 24.5 Å². The molecule has 102 valence electrons. The summed E-state index contributed by atoms with van der Waals surface area (Å²) >= 11 is 3.06. The van der Waals surface area contributed by atoms with Crippen LogP contribution < -0.4 is 0 Å². The number of hydrogen-bond donors (Lipinski definition) is 1. The van der Waals surface area contributed by atoms with Gasteiger partial charge in [-0.25, -0.2) is 9.78 Å². The monoisotopic (exact) mass is 296 g/mol. The van der Waals surface area contributed by atoms with Gasteiger partial charge >= 0.3 is 5.97 Å². The fourth-order valence-corrected chi connectivity index (χ4v) is 3.67. The van der Waals surface area contributed by atoms with Crippen LogP contribution >= 0.6 is 22.7 Å². The van der Waals surface area contributed by atoms with E-state index in [1.807, 2.05) is 17.5 Å². The third-order valence-electron chi connectivity index (χ3n) is 2.89. The van der Waals surface area contributed by atoms with Crippen molar-refractivity contribution in [3.8, 4) is 9.88 Å². The van der Waals surface area contributed by atoms with Gasteiger partial charge in [-0.1, -0.05) is 19.9 Å². The molecule has 2 heterocycles. The predicted octanol–water partition coefficient (Wildman–Crippen LogP) is 3.41. The molecule has 0 fully saturated rings. The second kappa shape index (κ2) is 6.27. The highest BCUT2D eigenvalue weighted by molar-refractivity contribution is 7.21.